The molecule has 0 aliphatic heterocycles. The van der Waals surface area contributed by atoms with Gasteiger partial charge >= 0.3 is 6.18 Å². The van der Waals surface area contributed by atoms with E-state index in [9.17, 15) is 13.2 Å². The lowest BCUT2D eigenvalue weighted by atomic mass is 10.2. The average molecular weight is 459 g/mol. The van der Waals surface area contributed by atoms with Crippen LogP contribution in [0.1, 0.15) is 25.8 Å². The molecule has 1 aromatic carbocycles. The SMILES string of the molecule is CCNC(=NCC(C)Oc1cccc(C)c1)NCCC(F)(F)F.I. The Morgan fingerprint density at radius 1 is 1.29 bits per heavy atom. The van der Waals surface area contributed by atoms with Crippen molar-refractivity contribution in [3.8, 4) is 5.75 Å². The standard InChI is InChI=1S/C16H24F3N3O.HI/c1-4-20-15(21-9-8-16(17,18)19)22-11-13(3)23-14-7-5-6-12(2)10-14;/h5-7,10,13H,4,8-9,11H2,1-3H3,(H2,20,21,22);1H. The predicted octanol–water partition coefficient (Wildman–Crippen LogP) is 3.89. The van der Waals surface area contributed by atoms with Crippen molar-refractivity contribution in [3.63, 3.8) is 0 Å². The Kier molecular flexibility index (Phi) is 10.8. The van der Waals surface area contributed by atoms with Gasteiger partial charge < -0.3 is 15.4 Å². The van der Waals surface area contributed by atoms with Crippen molar-refractivity contribution >= 4 is 29.9 Å². The third-order valence-electron chi connectivity index (χ3n) is 2.88. The fourth-order valence-electron chi connectivity index (χ4n) is 1.84. The molecular formula is C16H25F3IN3O. The van der Waals surface area contributed by atoms with Gasteiger partial charge in [0.15, 0.2) is 5.96 Å². The molecule has 0 aliphatic carbocycles. The van der Waals surface area contributed by atoms with Crippen LogP contribution in [0, 0.1) is 6.92 Å². The number of nitrogens with one attached hydrogen (secondary N) is 2. The summed E-state index contributed by atoms with van der Waals surface area (Å²) < 4.78 is 42.2. The Bertz CT molecular complexity index is 510. The molecule has 0 bridgehead atoms. The van der Waals surface area contributed by atoms with Crippen molar-refractivity contribution in [2.75, 3.05) is 19.6 Å². The normalized spacial score (nSPS) is 13.0. The Balaban J connectivity index is 0.00000529. The molecule has 0 fully saturated rings. The summed E-state index contributed by atoms with van der Waals surface area (Å²) in [5.74, 6) is 1.11. The lowest BCUT2D eigenvalue weighted by molar-refractivity contribution is -0.132. The summed E-state index contributed by atoms with van der Waals surface area (Å²) in [4.78, 5) is 4.25. The van der Waals surface area contributed by atoms with E-state index in [0.29, 0.717) is 19.0 Å². The van der Waals surface area contributed by atoms with E-state index in [4.69, 9.17) is 4.74 Å². The van der Waals surface area contributed by atoms with Gasteiger partial charge in [-0.1, -0.05) is 12.1 Å². The highest BCUT2D eigenvalue weighted by Crippen LogP contribution is 2.18. The van der Waals surface area contributed by atoms with Gasteiger partial charge in [-0.2, -0.15) is 13.2 Å². The summed E-state index contributed by atoms with van der Waals surface area (Å²) in [5, 5.41) is 5.58. The Morgan fingerprint density at radius 2 is 2.00 bits per heavy atom. The molecule has 0 spiro atoms. The van der Waals surface area contributed by atoms with Gasteiger partial charge in [-0.05, 0) is 38.5 Å². The van der Waals surface area contributed by atoms with Crippen LogP contribution in [0.2, 0.25) is 0 Å². The Morgan fingerprint density at radius 3 is 2.58 bits per heavy atom. The molecule has 0 saturated heterocycles. The van der Waals surface area contributed by atoms with Crippen molar-refractivity contribution in [1.82, 2.24) is 10.6 Å². The van der Waals surface area contributed by atoms with E-state index < -0.39 is 12.6 Å². The molecule has 4 nitrogen and oxygen atoms in total. The van der Waals surface area contributed by atoms with E-state index in [2.05, 4.69) is 15.6 Å². The first-order valence-corrected chi connectivity index (χ1v) is 7.62. The van der Waals surface area contributed by atoms with Crippen LogP contribution in [-0.2, 0) is 0 Å². The van der Waals surface area contributed by atoms with E-state index in [1.54, 1.807) is 0 Å². The number of nitrogens with zero attached hydrogens (tertiary/aromatic N) is 1. The second-order valence-electron chi connectivity index (χ2n) is 5.26. The second kappa shape index (κ2) is 11.4. The van der Waals surface area contributed by atoms with Crippen LogP contribution in [0.25, 0.3) is 0 Å². The van der Waals surface area contributed by atoms with Crippen LogP contribution >= 0.6 is 24.0 Å². The van der Waals surface area contributed by atoms with Gasteiger partial charge in [0.25, 0.3) is 0 Å². The van der Waals surface area contributed by atoms with Crippen LogP contribution in [0.5, 0.6) is 5.75 Å². The number of hydrogen-bond donors (Lipinski definition) is 2. The summed E-state index contributed by atoms with van der Waals surface area (Å²) in [6.45, 7) is 6.41. The minimum absolute atomic E-state index is 0. The van der Waals surface area contributed by atoms with Gasteiger partial charge in [0.1, 0.15) is 11.9 Å². The van der Waals surface area contributed by atoms with Gasteiger partial charge in [0.05, 0.1) is 13.0 Å². The smallest absolute Gasteiger partial charge is 0.390 e. The summed E-state index contributed by atoms with van der Waals surface area (Å²) in [6, 6.07) is 7.67. The van der Waals surface area contributed by atoms with Crippen LogP contribution in [0.4, 0.5) is 13.2 Å². The van der Waals surface area contributed by atoms with Gasteiger partial charge in [-0.25, -0.2) is 4.99 Å². The number of rotatable bonds is 7. The number of guanidine groups is 1. The average Bonchev–Trinajstić information content (AvgIpc) is 2.43. The van der Waals surface area contributed by atoms with Crippen LogP contribution in [0.15, 0.2) is 29.3 Å². The number of hydrogen-bond acceptors (Lipinski definition) is 2. The van der Waals surface area contributed by atoms with E-state index in [1.807, 2.05) is 45.0 Å². The molecule has 0 saturated carbocycles. The summed E-state index contributed by atoms with van der Waals surface area (Å²) in [5.41, 5.74) is 1.10. The number of ether oxygens (including phenoxy) is 1. The van der Waals surface area contributed by atoms with Gasteiger partial charge in [-0.3, -0.25) is 0 Å². The first-order valence-electron chi connectivity index (χ1n) is 7.62. The molecule has 138 valence electrons. The van der Waals surface area contributed by atoms with E-state index in [0.717, 1.165) is 11.3 Å². The van der Waals surface area contributed by atoms with Crippen LogP contribution in [0.3, 0.4) is 0 Å². The summed E-state index contributed by atoms with van der Waals surface area (Å²) in [6.07, 6.45) is -5.26. The van der Waals surface area contributed by atoms with Crippen molar-refractivity contribution < 1.29 is 17.9 Å². The van der Waals surface area contributed by atoms with Crippen molar-refractivity contribution in [3.05, 3.63) is 29.8 Å². The van der Waals surface area contributed by atoms with Crippen LogP contribution in [-0.4, -0.2) is 37.9 Å². The second-order valence-corrected chi connectivity index (χ2v) is 5.26. The maximum atomic E-state index is 12.2. The largest absolute Gasteiger partial charge is 0.489 e. The van der Waals surface area contributed by atoms with Crippen molar-refractivity contribution in [2.45, 2.75) is 39.5 Å². The maximum Gasteiger partial charge on any atom is 0.390 e. The Hall–Kier alpha value is -1.19. The molecule has 1 aromatic rings. The zero-order valence-corrected chi connectivity index (χ0v) is 16.4. The topological polar surface area (TPSA) is 45.7 Å². The highest BCUT2D eigenvalue weighted by molar-refractivity contribution is 14.0. The lowest BCUT2D eigenvalue weighted by Crippen LogP contribution is -2.39. The summed E-state index contributed by atoms with van der Waals surface area (Å²) in [7, 11) is 0. The molecule has 1 unspecified atom stereocenters. The molecule has 24 heavy (non-hydrogen) atoms. The maximum absolute atomic E-state index is 12.2. The number of alkyl halides is 3. The molecule has 0 aromatic heterocycles. The van der Waals surface area contributed by atoms with Crippen LogP contribution < -0.4 is 15.4 Å². The molecule has 0 radical (unpaired) electrons. The molecule has 2 N–H and O–H groups in total. The minimum Gasteiger partial charge on any atom is -0.489 e. The summed E-state index contributed by atoms with van der Waals surface area (Å²) >= 11 is 0. The van der Waals surface area contributed by atoms with Crippen molar-refractivity contribution in [1.29, 1.82) is 0 Å². The van der Waals surface area contributed by atoms with Gasteiger partial charge in [0.2, 0.25) is 0 Å². The minimum atomic E-state index is -4.17. The molecule has 0 heterocycles. The molecule has 0 amide bonds. The quantitative estimate of drug-likeness (QED) is 0.370. The molecule has 1 rings (SSSR count). The highest BCUT2D eigenvalue weighted by Gasteiger charge is 2.26. The molecule has 1 atom stereocenters. The third kappa shape index (κ3) is 10.6. The van der Waals surface area contributed by atoms with Gasteiger partial charge in [-0.15, -0.1) is 24.0 Å². The molecule has 8 heteroatoms. The number of halogens is 4. The monoisotopic (exact) mass is 459 g/mol. The first-order chi connectivity index (χ1) is 10.8. The zero-order chi connectivity index (χ0) is 17.3. The first kappa shape index (κ1) is 22.8. The molecular weight excluding hydrogens is 434 g/mol. The lowest BCUT2D eigenvalue weighted by Gasteiger charge is -2.16. The molecule has 0 aliphatic rings. The fraction of sp³-hybridized carbons (Fsp3) is 0.562. The predicted molar refractivity (Wildman–Crippen MR) is 101 cm³/mol. The fourth-order valence-corrected chi connectivity index (χ4v) is 1.84. The van der Waals surface area contributed by atoms with Gasteiger partial charge in [0, 0.05) is 13.1 Å². The van der Waals surface area contributed by atoms with E-state index in [-0.39, 0.29) is 36.6 Å². The number of aryl methyl sites for hydroxylation is 1. The Labute approximate surface area is 158 Å². The highest BCUT2D eigenvalue weighted by atomic mass is 127. The van der Waals surface area contributed by atoms with Crippen molar-refractivity contribution in [2.24, 2.45) is 4.99 Å². The third-order valence-corrected chi connectivity index (χ3v) is 2.88. The number of aliphatic imine (C=N–C) groups is 1. The number of benzene rings is 1. The zero-order valence-electron chi connectivity index (χ0n) is 14.1. The van der Waals surface area contributed by atoms with E-state index in [1.165, 1.54) is 0 Å². The van der Waals surface area contributed by atoms with E-state index >= 15 is 0 Å².